The van der Waals surface area contributed by atoms with Gasteiger partial charge in [-0.15, -0.1) is 0 Å². The number of hydrogen-bond acceptors (Lipinski definition) is 2. The van der Waals surface area contributed by atoms with E-state index in [0.717, 1.165) is 4.57 Å². The summed E-state index contributed by atoms with van der Waals surface area (Å²) in [7, 11) is 0. The summed E-state index contributed by atoms with van der Waals surface area (Å²) in [5, 5.41) is 0. The Balaban J connectivity index is 3.05. The molecule has 0 aliphatic heterocycles. The Morgan fingerprint density at radius 1 is 2.14 bits per heavy atom. The summed E-state index contributed by atoms with van der Waals surface area (Å²) in [6.07, 6.45) is 2.48. The summed E-state index contributed by atoms with van der Waals surface area (Å²) in [5.41, 5.74) is 5.27. The maximum atomic E-state index is 6.91. The summed E-state index contributed by atoms with van der Waals surface area (Å²) >= 11 is 0. The molecule has 0 amide bonds. The molecule has 38 valence electrons. The highest BCUT2D eigenvalue weighted by atomic mass is 15.1. The first-order valence-corrected chi connectivity index (χ1v) is 1.80. The summed E-state index contributed by atoms with van der Waals surface area (Å²) in [6.45, 7) is -2.21. The highest BCUT2D eigenvalue weighted by molar-refractivity contribution is 5.23. The van der Waals surface area contributed by atoms with E-state index in [2.05, 4.69) is 4.98 Å². The molecule has 0 fully saturated rings. The van der Waals surface area contributed by atoms with E-state index >= 15 is 0 Å². The predicted octanol–water partition coefficient (Wildman–Crippen LogP) is 0.00230. The number of rotatable bonds is 0. The summed E-state index contributed by atoms with van der Waals surface area (Å²) in [6, 6.07) is 0. The Bertz CT molecular complexity index is 226. The van der Waals surface area contributed by atoms with Gasteiger partial charge in [-0.3, -0.25) is 0 Å². The molecule has 0 aromatic carbocycles. The van der Waals surface area contributed by atoms with Crippen molar-refractivity contribution in [2.24, 2.45) is 6.98 Å². The van der Waals surface area contributed by atoms with Crippen molar-refractivity contribution in [1.29, 1.82) is 0 Å². The number of nitrogens with zero attached hydrogens (tertiary/aromatic N) is 2. The van der Waals surface area contributed by atoms with Crippen LogP contribution in [0.15, 0.2) is 12.5 Å². The van der Waals surface area contributed by atoms with Crippen LogP contribution in [0.25, 0.3) is 0 Å². The molecule has 1 aromatic rings. The van der Waals surface area contributed by atoms with E-state index in [1.54, 1.807) is 0 Å². The van der Waals surface area contributed by atoms with Crippen LogP contribution in [0.3, 0.4) is 0 Å². The van der Waals surface area contributed by atoms with Crippen molar-refractivity contribution in [3.63, 3.8) is 0 Å². The minimum atomic E-state index is -2.21. The zero-order valence-corrected chi connectivity index (χ0v) is 3.63. The first kappa shape index (κ1) is 1.86. The quantitative estimate of drug-likeness (QED) is 0.498. The van der Waals surface area contributed by atoms with Gasteiger partial charge in [0.15, 0.2) is 0 Å². The van der Waals surface area contributed by atoms with Gasteiger partial charge in [0, 0.05) is 11.1 Å². The molecular formula is C4H7N3. The van der Waals surface area contributed by atoms with Gasteiger partial charge in [0.05, 0.1) is 12.5 Å². The van der Waals surface area contributed by atoms with Crippen molar-refractivity contribution in [2.75, 3.05) is 5.73 Å². The first-order chi connectivity index (χ1) is 4.52. The van der Waals surface area contributed by atoms with E-state index in [9.17, 15) is 0 Å². The first-order valence-electron chi connectivity index (χ1n) is 3.30. The number of imidazole rings is 1. The molecule has 0 unspecified atom stereocenters. The average Bonchev–Trinajstić information content (AvgIpc) is 2.11. The predicted molar refractivity (Wildman–Crippen MR) is 27.6 cm³/mol. The Kier molecular flexibility index (Phi) is 0.333. The molecule has 1 rings (SSSR count). The lowest BCUT2D eigenvalue weighted by molar-refractivity contribution is 0.925. The molecule has 1 heterocycles. The highest BCUT2D eigenvalue weighted by Gasteiger charge is 1.84. The number of aryl methyl sites for hydroxylation is 1. The van der Waals surface area contributed by atoms with Gasteiger partial charge in [-0.1, -0.05) is 0 Å². The smallest absolute Gasteiger partial charge is 0.122 e. The Hall–Kier alpha value is -0.990. The second kappa shape index (κ2) is 1.26. The number of nitrogens with two attached hydrogens (primary N) is 1. The summed E-state index contributed by atoms with van der Waals surface area (Å²) < 4.78 is 21.7. The lowest BCUT2D eigenvalue weighted by Gasteiger charge is -1.87. The summed E-state index contributed by atoms with van der Waals surface area (Å²) in [4.78, 5) is 3.57. The van der Waals surface area contributed by atoms with Crippen molar-refractivity contribution < 1.29 is 4.11 Å². The second-order valence-corrected chi connectivity index (χ2v) is 1.19. The summed E-state index contributed by atoms with van der Waals surface area (Å²) in [5.74, 6) is 0.153. The van der Waals surface area contributed by atoms with E-state index in [1.807, 2.05) is 0 Å². The molecule has 0 bridgehead atoms. The fourth-order valence-electron chi connectivity index (χ4n) is 0.305. The number of aromatic nitrogens is 2. The van der Waals surface area contributed by atoms with Gasteiger partial charge in [-0.05, 0) is 0 Å². The maximum Gasteiger partial charge on any atom is 0.122 e. The highest BCUT2D eigenvalue weighted by Crippen LogP contribution is 1.92. The van der Waals surface area contributed by atoms with Crippen LogP contribution in [0.2, 0.25) is 0 Å². The average molecular weight is 100 g/mol. The van der Waals surface area contributed by atoms with Gasteiger partial charge >= 0.3 is 0 Å². The topological polar surface area (TPSA) is 43.8 Å². The van der Waals surface area contributed by atoms with Gasteiger partial charge in [-0.25, -0.2) is 4.98 Å². The SMILES string of the molecule is [2H]C([2H])([2H])n1cncc1N. The number of nitrogen functional groups attached to an aromatic ring is 1. The zero-order chi connectivity index (χ0) is 7.78. The van der Waals surface area contributed by atoms with E-state index in [-0.39, 0.29) is 5.82 Å². The standard InChI is InChI=1S/C4H7N3/c1-7-3-6-2-4(7)5/h2-3H,5H2,1H3/i1D3. The Morgan fingerprint density at radius 2 is 3.00 bits per heavy atom. The van der Waals surface area contributed by atoms with Crippen LogP contribution in [-0.4, -0.2) is 9.55 Å². The molecule has 0 saturated carbocycles. The monoisotopic (exact) mass is 100 g/mol. The van der Waals surface area contributed by atoms with Gasteiger partial charge in [0.1, 0.15) is 5.82 Å². The van der Waals surface area contributed by atoms with Crippen molar-refractivity contribution in [1.82, 2.24) is 9.55 Å². The largest absolute Gasteiger partial charge is 0.384 e. The normalized spacial score (nSPS) is 17.4. The van der Waals surface area contributed by atoms with Gasteiger partial charge in [0.2, 0.25) is 0 Å². The molecule has 3 heteroatoms. The fourth-order valence-corrected chi connectivity index (χ4v) is 0.305. The molecule has 7 heavy (non-hydrogen) atoms. The van der Waals surface area contributed by atoms with E-state index in [4.69, 9.17) is 9.85 Å². The van der Waals surface area contributed by atoms with Crippen LogP contribution in [0.4, 0.5) is 5.82 Å². The third-order valence-electron chi connectivity index (χ3n) is 0.667. The zero-order valence-electron chi connectivity index (χ0n) is 6.63. The molecule has 1 aromatic heterocycles. The molecule has 0 atom stereocenters. The lowest BCUT2D eigenvalue weighted by atomic mass is 10.8. The van der Waals surface area contributed by atoms with Crippen LogP contribution in [0.1, 0.15) is 4.11 Å². The maximum absolute atomic E-state index is 6.91. The van der Waals surface area contributed by atoms with Crippen molar-refractivity contribution >= 4 is 5.82 Å². The Labute approximate surface area is 46.0 Å². The molecule has 3 nitrogen and oxygen atoms in total. The molecule has 2 N–H and O–H groups in total. The van der Waals surface area contributed by atoms with Crippen LogP contribution >= 0.6 is 0 Å². The third kappa shape index (κ3) is 0.559. The fraction of sp³-hybridized carbons (Fsp3) is 0.250. The van der Waals surface area contributed by atoms with Crippen molar-refractivity contribution in [3.8, 4) is 0 Å². The van der Waals surface area contributed by atoms with Crippen LogP contribution in [0, 0.1) is 0 Å². The van der Waals surface area contributed by atoms with E-state index in [1.165, 1.54) is 12.5 Å². The van der Waals surface area contributed by atoms with Crippen LogP contribution in [0.5, 0.6) is 0 Å². The molecular weight excluding hydrogens is 90.1 g/mol. The molecule has 0 spiro atoms. The number of anilines is 1. The molecule has 0 aliphatic carbocycles. The van der Waals surface area contributed by atoms with E-state index in [0.29, 0.717) is 0 Å². The van der Waals surface area contributed by atoms with Gasteiger partial charge in [0.25, 0.3) is 0 Å². The van der Waals surface area contributed by atoms with Crippen LogP contribution in [-0.2, 0) is 6.98 Å². The minimum Gasteiger partial charge on any atom is -0.384 e. The molecule has 0 saturated heterocycles. The molecule has 0 aliphatic rings. The lowest BCUT2D eigenvalue weighted by Crippen LogP contribution is -1.92. The third-order valence-corrected chi connectivity index (χ3v) is 0.667. The number of hydrogen-bond donors (Lipinski definition) is 1. The Morgan fingerprint density at radius 3 is 3.29 bits per heavy atom. The van der Waals surface area contributed by atoms with Crippen molar-refractivity contribution in [2.45, 2.75) is 0 Å². The van der Waals surface area contributed by atoms with Gasteiger partial charge < -0.3 is 10.3 Å². The van der Waals surface area contributed by atoms with Gasteiger partial charge in [-0.2, -0.15) is 0 Å². The van der Waals surface area contributed by atoms with Crippen LogP contribution < -0.4 is 5.73 Å². The van der Waals surface area contributed by atoms with E-state index < -0.39 is 6.98 Å². The van der Waals surface area contributed by atoms with Crippen molar-refractivity contribution in [3.05, 3.63) is 12.5 Å². The second-order valence-electron chi connectivity index (χ2n) is 1.19. The minimum absolute atomic E-state index is 0.153. The molecule has 0 radical (unpaired) electrons.